The maximum Gasteiger partial charge on any atom is 0.416 e. The largest absolute Gasteiger partial charge is 0.484 e. The zero-order valence-corrected chi connectivity index (χ0v) is 13.5. The molecule has 0 aliphatic carbocycles. The van der Waals surface area contributed by atoms with Crippen molar-refractivity contribution in [1.82, 2.24) is 4.90 Å². The summed E-state index contributed by atoms with van der Waals surface area (Å²) in [5.41, 5.74) is -2.04. The molecule has 1 aliphatic heterocycles. The molecular weight excluding hydrogens is 343 g/mol. The standard InChI is InChI=1S/C16H18F3NO5/c1-24-10-15(14(22)23)5-6-20(9-15)13(21)8-25-12-4-2-3-11(7-12)16(17,18)19/h2-4,7H,5-6,8-10H2,1H3,(H,22,23). The van der Waals surface area contributed by atoms with Crippen molar-refractivity contribution < 1.29 is 37.3 Å². The van der Waals surface area contributed by atoms with E-state index in [4.69, 9.17) is 9.47 Å². The number of carbonyl (C=O) groups is 2. The molecule has 1 atom stereocenters. The molecular formula is C16H18F3NO5. The van der Waals surface area contributed by atoms with Gasteiger partial charge in [0.1, 0.15) is 11.2 Å². The number of methoxy groups -OCH3 is 1. The number of halogens is 3. The molecule has 0 aromatic heterocycles. The average molecular weight is 361 g/mol. The van der Waals surface area contributed by atoms with Crippen LogP contribution in [0.15, 0.2) is 24.3 Å². The van der Waals surface area contributed by atoms with Crippen LogP contribution in [0.4, 0.5) is 13.2 Å². The van der Waals surface area contributed by atoms with E-state index >= 15 is 0 Å². The van der Waals surface area contributed by atoms with Crippen molar-refractivity contribution in [2.45, 2.75) is 12.6 Å². The molecule has 1 aliphatic rings. The van der Waals surface area contributed by atoms with Crippen molar-refractivity contribution in [3.8, 4) is 5.75 Å². The molecule has 0 spiro atoms. The van der Waals surface area contributed by atoms with Crippen molar-refractivity contribution in [1.29, 1.82) is 0 Å². The van der Waals surface area contributed by atoms with Gasteiger partial charge in [-0.3, -0.25) is 9.59 Å². The van der Waals surface area contributed by atoms with Crippen LogP contribution in [0.2, 0.25) is 0 Å². The number of carboxylic acid groups (broad SMARTS) is 1. The summed E-state index contributed by atoms with van der Waals surface area (Å²) in [6, 6.07) is 4.22. The van der Waals surface area contributed by atoms with Crippen LogP contribution < -0.4 is 4.74 Å². The number of hydrogen-bond donors (Lipinski definition) is 1. The fraction of sp³-hybridized carbons (Fsp3) is 0.500. The van der Waals surface area contributed by atoms with E-state index in [1.807, 2.05) is 0 Å². The van der Waals surface area contributed by atoms with E-state index in [1.165, 1.54) is 24.1 Å². The van der Waals surface area contributed by atoms with Crippen molar-refractivity contribution in [2.75, 3.05) is 33.4 Å². The van der Waals surface area contributed by atoms with Crippen LogP contribution in [0, 0.1) is 5.41 Å². The molecule has 1 aromatic carbocycles. The summed E-state index contributed by atoms with van der Waals surface area (Å²) in [4.78, 5) is 24.9. The number of aliphatic carboxylic acids is 1. The number of amides is 1. The molecule has 1 unspecified atom stereocenters. The van der Waals surface area contributed by atoms with Crippen LogP contribution in [0.3, 0.4) is 0 Å². The minimum Gasteiger partial charge on any atom is -0.484 e. The maximum atomic E-state index is 12.6. The highest BCUT2D eigenvalue weighted by Gasteiger charge is 2.46. The van der Waals surface area contributed by atoms with Gasteiger partial charge in [0.15, 0.2) is 6.61 Å². The molecule has 0 bridgehead atoms. The van der Waals surface area contributed by atoms with Crippen molar-refractivity contribution in [3.63, 3.8) is 0 Å². The van der Waals surface area contributed by atoms with Gasteiger partial charge >= 0.3 is 12.1 Å². The first-order chi connectivity index (χ1) is 11.7. The fourth-order valence-corrected chi connectivity index (χ4v) is 2.71. The molecule has 1 amide bonds. The second kappa shape index (κ2) is 7.30. The first kappa shape index (κ1) is 19.0. The van der Waals surface area contributed by atoms with Gasteiger partial charge in [0.25, 0.3) is 5.91 Å². The highest BCUT2D eigenvalue weighted by molar-refractivity contribution is 5.81. The highest BCUT2D eigenvalue weighted by Crippen LogP contribution is 2.32. The molecule has 1 saturated heterocycles. The summed E-state index contributed by atoms with van der Waals surface area (Å²) in [6.45, 7) is -0.300. The van der Waals surface area contributed by atoms with E-state index < -0.39 is 35.6 Å². The number of alkyl halides is 3. The van der Waals surface area contributed by atoms with Gasteiger partial charge in [-0.2, -0.15) is 13.2 Å². The minimum atomic E-state index is -4.50. The Bertz CT molecular complexity index is 649. The van der Waals surface area contributed by atoms with Gasteiger partial charge in [0.2, 0.25) is 0 Å². The smallest absolute Gasteiger partial charge is 0.416 e. The molecule has 1 N–H and O–H groups in total. The molecule has 9 heteroatoms. The predicted octanol–water partition coefficient (Wildman–Crippen LogP) is 2.03. The number of benzene rings is 1. The SMILES string of the molecule is COCC1(C(=O)O)CCN(C(=O)COc2cccc(C(F)(F)F)c2)C1. The number of carbonyl (C=O) groups excluding carboxylic acids is 1. The topological polar surface area (TPSA) is 76.1 Å². The Labute approximate surface area is 142 Å². The van der Waals surface area contributed by atoms with Crippen LogP contribution in [0.25, 0.3) is 0 Å². The second-order valence-corrected chi connectivity index (χ2v) is 5.90. The van der Waals surface area contributed by atoms with E-state index in [2.05, 4.69) is 0 Å². The third-order valence-corrected chi connectivity index (χ3v) is 4.10. The average Bonchev–Trinajstić information content (AvgIpc) is 2.98. The number of hydrogen-bond acceptors (Lipinski definition) is 4. The molecule has 1 fully saturated rings. The number of carboxylic acids is 1. The van der Waals surface area contributed by atoms with Gasteiger partial charge in [-0.05, 0) is 24.6 Å². The Morgan fingerprint density at radius 1 is 1.36 bits per heavy atom. The summed E-state index contributed by atoms with van der Waals surface area (Å²) >= 11 is 0. The first-order valence-corrected chi connectivity index (χ1v) is 7.48. The quantitative estimate of drug-likeness (QED) is 0.839. The van der Waals surface area contributed by atoms with Gasteiger partial charge in [0, 0.05) is 20.2 Å². The van der Waals surface area contributed by atoms with Crippen LogP contribution in [0.5, 0.6) is 5.75 Å². The Morgan fingerprint density at radius 3 is 2.68 bits per heavy atom. The van der Waals surface area contributed by atoms with Gasteiger partial charge in [-0.15, -0.1) is 0 Å². The van der Waals surface area contributed by atoms with Gasteiger partial charge in [-0.1, -0.05) is 6.07 Å². The van der Waals surface area contributed by atoms with E-state index in [0.29, 0.717) is 0 Å². The molecule has 25 heavy (non-hydrogen) atoms. The molecule has 138 valence electrons. The van der Waals surface area contributed by atoms with Crippen molar-refractivity contribution in [3.05, 3.63) is 29.8 Å². The third kappa shape index (κ3) is 4.41. The van der Waals surface area contributed by atoms with E-state index in [9.17, 15) is 27.9 Å². The van der Waals surface area contributed by atoms with Gasteiger partial charge in [-0.25, -0.2) is 0 Å². The van der Waals surface area contributed by atoms with Gasteiger partial charge in [0.05, 0.1) is 12.2 Å². The summed E-state index contributed by atoms with van der Waals surface area (Å²) in [5, 5.41) is 9.35. The lowest BCUT2D eigenvalue weighted by Crippen LogP contribution is -2.41. The van der Waals surface area contributed by atoms with Crippen molar-refractivity contribution >= 4 is 11.9 Å². The normalized spacial score (nSPS) is 20.6. The van der Waals surface area contributed by atoms with Crippen LogP contribution in [-0.2, 0) is 20.5 Å². The maximum absolute atomic E-state index is 12.6. The summed E-state index contributed by atoms with van der Waals surface area (Å²) < 4.78 is 48.0. The number of nitrogens with zero attached hydrogens (tertiary/aromatic N) is 1. The third-order valence-electron chi connectivity index (χ3n) is 4.10. The Kier molecular flexibility index (Phi) is 5.56. The zero-order valence-electron chi connectivity index (χ0n) is 13.5. The highest BCUT2D eigenvalue weighted by atomic mass is 19.4. The fourth-order valence-electron chi connectivity index (χ4n) is 2.71. The predicted molar refractivity (Wildman–Crippen MR) is 80.1 cm³/mol. The second-order valence-electron chi connectivity index (χ2n) is 5.90. The lowest BCUT2D eigenvalue weighted by Gasteiger charge is -2.23. The van der Waals surface area contributed by atoms with Gasteiger partial charge < -0.3 is 19.5 Å². The zero-order chi connectivity index (χ0) is 18.7. The van der Waals surface area contributed by atoms with E-state index in [-0.39, 0.29) is 31.9 Å². The Morgan fingerprint density at radius 2 is 2.08 bits per heavy atom. The molecule has 1 heterocycles. The molecule has 1 aromatic rings. The summed E-state index contributed by atoms with van der Waals surface area (Å²) in [5.74, 6) is -1.62. The molecule has 2 rings (SSSR count). The summed E-state index contributed by atoms with van der Waals surface area (Å²) in [6.07, 6.45) is -4.26. The molecule has 0 radical (unpaired) electrons. The Hall–Kier alpha value is -2.29. The van der Waals surface area contributed by atoms with Crippen LogP contribution in [0.1, 0.15) is 12.0 Å². The van der Waals surface area contributed by atoms with E-state index in [1.54, 1.807) is 0 Å². The van der Waals surface area contributed by atoms with Crippen LogP contribution >= 0.6 is 0 Å². The minimum absolute atomic E-state index is 0.0268. The molecule has 6 nitrogen and oxygen atoms in total. The van der Waals surface area contributed by atoms with E-state index in [0.717, 1.165) is 12.1 Å². The van der Waals surface area contributed by atoms with Crippen molar-refractivity contribution in [2.24, 2.45) is 5.41 Å². The lowest BCUT2D eigenvalue weighted by atomic mass is 9.88. The number of rotatable bonds is 6. The van der Waals surface area contributed by atoms with Crippen LogP contribution in [-0.4, -0.2) is 55.3 Å². The summed E-state index contributed by atoms with van der Waals surface area (Å²) in [7, 11) is 1.38. The first-order valence-electron chi connectivity index (χ1n) is 7.48. The lowest BCUT2D eigenvalue weighted by molar-refractivity contribution is -0.151. The Balaban J connectivity index is 1.96. The monoisotopic (exact) mass is 361 g/mol. The molecule has 0 saturated carbocycles. The number of likely N-dealkylation sites (tertiary alicyclic amines) is 1. The number of ether oxygens (including phenoxy) is 2.